The number of halogens is 1. The van der Waals surface area contributed by atoms with Crippen LogP contribution in [0.25, 0.3) is 11.0 Å². The quantitative estimate of drug-likeness (QED) is 0.385. The van der Waals surface area contributed by atoms with E-state index in [4.69, 9.17) is 25.5 Å². The van der Waals surface area contributed by atoms with E-state index in [-0.39, 0.29) is 23.0 Å². The van der Waals surface area contributed by atoms with Crippen LogP contribution in [0, 0.1) is 6.92 Å². The molecule has 29 heavy (non-hydrogen) atoms. The minimum absolute atomic E-state index is 0.0178. The summed E-state index contributed by atoms with van der Waals surface area (Å²) in [5.41, 5.74) is 1.22. The summed E-state index contributed by atoms with van der Waals surface area (Å²) in [6, 6.07) is 12.4. The summed E-state index contributed by atoms with van der Waals surface area (Å²) >= 11 is 6.18. The monoisotopic (exact) mass is 415 g/mol. The van der Waals surface area contributed by atoms with Crippen molar-refractivity contribution in [2.75, 3.05) is 0 Å². The number of alkyl carbamates (subject to hydrolysis) is 1. The van der Waals surface area contributed by atoms with Crippen LogP contribution in [0.4, 0.5) is 4.79 Å². The van der Waals surface area contributed by atoms with Gasteiger partial charge in [-0.3, -0.25) is 0 Å². The largest absolute Gasteiger partial charge is 0.445 e. The molecule has 0 aliphatic carbocycles. The molecule has 8 heteroatoms. The molecule has 1 atom stereocenters. The summed E-state index contributed by atoms with van der Waals surface area (Å²) in [5.74, 6) is -0.734. The number of amides is 1. The number of benzene rings is 2. The smallest absolute Gasteiger partial charge is 0.408 e. The second-order valence-corrected chi connectivity index (χ2v) is 6.78. The SMILES string of the molecule is Cc1cc(=O)oc2cc(OC(=O)[C@H](C)NC(=O)OCc3ccccc3)c(Cl)cc12. The average Bonchev–Trinajstić information content (AvgIpc) is 2.68. The Bertz CT molecular complexity index is 1110. The summed E-state index contributed by atoms with van der Waals surface area (Å²) < 4.78 is 15.5. The van der Waals surface area contributed by atoms with Gasteiger partial charge in [0.2, 0.25) is 0 Å². The number of carbonyl (C=O) groups excluding carboxylic acids is 2. The van der Waals surface area contributed by atoms with E-state index in [9.17, 15) is 14.4 Å². The Labute approximate surface area is 171 Å². The first kappa shape index (κ1) is 20.4. The van der Waals surface area contributed by atoms with Gasteiger partial charge in [-0.25, -0.2) is 14.4 Å². The molecule has 3 rings (SSSR count). The van der Waals surface area contributed by atoms with Crippen LogP contribution in [0.3, 0.4) is 0 Å². The van der Waals surface area contributed by atoms with E-state index < -0.39 is 23.7 Å². The van der Waals surface area contributed by atoms with Crippen molar-refractivity contribution in [3.63, 3.8) is 0 Å². The minimum atomic E-state index is -0.991. The van der Waals surface area contributed by atoms with E-state index in [1.807, 2.05) is 30.3 Å². The molecule has 0 fully saturated rings. The molecule has 0 unspecified atom stereocenters. The van der Waals surface area contributed by atoms with E-state index in [0.717, 1.165) is 5.56 Å². The van der Waals surface area contributed by atoms with Gasteiger partial charge in [0.15, 0.2) is 5.75 Å². The van der Waals surface area contributed by atoms with Crippen molar-refractivity contribution < 1.29 is 23.5 Å². The molecule has 150 valence electrons. The Kier molecular flexibility index (Phi) is 6.19. The van der Waals surface area contributed by atoms with Gasteiger partial charge in [0.25, 0.3) is 0 Å². The maximum atomic E-state index is 12.3. The topological polar surface area (TPSA) is 94.8 Å². The standard InChI is InChI=1S/C21H18ClNO6/c1-12-8-19(24)28-17-10-18(16(22)9-15(12)17)29-20(25)13(2)23-21(26)27-11-14-6-4-3-5-7-14/h3-10,13H,11H2,1-2H3,(H,23,26)/t13-/m0/s1. The Balaban J connectivity index is 1.64. The molecule has 2 aromatic carbocycles. The first-order chi connectivity index (χ1) is 13.8. The minimum Gasteiger partial charge on any atom is -0.445 e. The molecular weight excluding hydrogens is 398 g/mol. The van der Waals surface area contributed by atoms with E-state index >= 15 is 0 Å². The number of fused-ring (bicyclic) bond motifs is 1. The molecule has 1 amide bonds. The van der Waals surface area contributed by atoms with Crippen molar-refractivity contribution in [2.45, 2.75) is 26.5 Å². The number of aryl methyl sites for hydroxylation is 1. The van der Waals surface area contributed by atoms with Gasteiger partial charge < -0.3 is 19.2 Å². The van der Waals surface area contributed by atoms with Crippen LogP contribution < -0.4 is 15.7 Å². The third-order valence-corrected chi connectivity index (χ3v) is 4.41. The molecule has 0 saturated carbocycles. The second kappa shape index (κ2) is 8.79. The zero-order valence-corrected chi connectivity index (χ0v) is 16.5. The number of ether oxygens (including phenoxy) is 2. The number of esters is 1. The predicted octanol–water partition coefficient (Wildman–Crippen LogP) is 3.98. The third-order valence-electron chi connectivity index (χ3n) is 4.12. The normalized spacial score (nSPS) is 11.7. The molecule has 1 heterocycles. The molecule has 0 aliphatic rings. The lowest BCUT2D eigenvalue weighted by Crippen LogP contribution is -2.41. The lowest BCUT2D eigenvalue weighted by Gasteiger charge is -2.14. The van der Waals surface area contributed by atoms with Crippen LogP contribution >= 0.6 is 11.6 Å². The van der Waals surface area contributed by atoms with Gasteiger partial charge in [0.1, 0.15) is 18.2 Å². The van der Waals surface area contributed by atoms with Crippen molar-refractivity contribution in [2.24, 2.45) is 0 Å². The molecule has 7 nitrogen and oxygen atoms in total. The zero-order chi connectivity index (χ0) is 21.0. The van der Waals surface area contributed by atoms with Crippen LogP contribution in [0.1, 0.15) is 18.1 Å². The van der Waals surface area contributed by atoms with Crippen molar-refractivity contribution in [1.82, 2.24) is 5.32 Å². The Hall–Kier alpha value is -3.32. The van der Waals surface area contributed by atoms with Crippen molar-refractivity contribution in [1.29, 1.82) is 0 Å². The Morgan fingerprint density at radius 1 is 1.17 bits per heavy atom. The van der Waals surface area contributed by atoms with Gasteiger partial charge in [-0.2, -0.15) is 0 Å². The van der Waals surface area contributed by atoms with Gasteiger partial charge in [-0.05, 0) is 31.0 Å². The molecule has 0 aliphatic heterocycles. The Morgan fingerprint density at radius 3 is 2.62 bits per heavy atom. The summed E-state index contributed by atoms with van der Waals surface area (Å²) in [4.78, 5) is 35.7. The summed E-state index contributed by atoms with van der Waals surface area (Å²) in [5, 5.41) is 3.19. The van der Waals surface area contributed by atoms with Gasteiger partial charge >= 0.3 is 17.7 Å². The number of nitrogens with one attached hydrogen (secondary N) is 1. The molecule has 3 aromatic rings. The first-order valence-corrected chi connectivity index (χ1v) is 9.14. The first-order valence-electron chi connectivity index (χ1n) is 8.76. The number of rotatable bonds is 5. The number of carbonyl (C=O) groups is 2. The van der Waals surface area contributed by atoms with Crippen LogP contribution in [0.5, 0.6) is 5.75 Å². The highest BCUT2D eigenvalue weighted by Crippen LogP contribution is 2.31. The van der Waals surface area contributed by atoms with Gasteiger partial charge in [0, 0.05) is 17.5 Å². The highest BCUT2D eigenvalue weighted by Gasteiger charge is 2.20. The van der Waals surface area contributed by atoms with Crippen LogP contribution in [-0.2, 0) is 16.1 Å². The van der Waals surface area contributed by atoms with E-state index in [1.165, 1.54) is 19.1 Å². The van der Waals surface area contributed by atoms with Crippen molar-refractivity contribution in [3.8, 4) is 5.75 Å². The fraction of sp³-hybridized carbons (Fsp3) is 0.190. The van der Waals surface area contributed by atoms with E-state index in [2.05, 4.69) is 5.32 Å². The summed E-state index contributed by atoms with van der Waals surface area (Å²) in [6.07, 6.45) is -0.760. The van der Waals surface area contributed by atoms with Crippen LogP contribution in [0.15, 0.2) is 57.7 Å². The van der Waals surface area contributed by atoms with Crippen LogP contribution in [-0.4, -0.2) is 18.1 Å². The number of hydrogen-bond acceptors (Lipinski definition) is 6. The predicted molar refractivity (Wildman–Crippen MR) is 107 cm³/mol. The fourth-order valence-corrected chi connectivity index (χ4v) is 2.80. The van der Waals surface area contributed by atoms with E-state index in [1.54, 1.807) is 13.0 Å². The molecule has 0 bridgehead atoms. The second-order valence-electron chi connectivity index (χ2n) is 6.38. The summed E-state index contributed by atoms with van der Waals surface area (Å²) in [7, 11) is 0. The molecule has 0 radical (unpaired) electrons. The van der Waals surface area contributed by atoms with E-state index in [0.29, 0.717) is 10.9 Å². The highest BCUT2D eigenvalue weighted by atomic mass is 35.5. The van der Waals surface area contributed by atoms with Crippen molar-refractivity contribution >= 4 is 34.6 Å². The van der Waals surface area contributed by atoms with Gasteiger partial charge in [-0.15, -0.1) is 0 Å². The van der Waals surface area contributed by atoms with Crippen molar-refractivity contribution in [3.05, 3.63) is 75.1 Å². The molecule has 1 N–H and O–H groups in total. The summed E-state index contributed by atoms with van der Waals surface area (Å²) in [6.45, 7) is 3.27. The molecule has 0 saturated heterocycles. The van der Waals surface area contributed by atoms with Gasteiger partial charge in [-0.1, -0.05) is 41.9 Å². The van der Waals surface area contributed by atoms with Crippen LogP contribution in [0.2, 0.25) is 5.02 Å². The maximum Gasteiger partial charge on any atom is 0.408 e. The Morgan fingerprint density at radius 2 is 1.90 bits per heavy atom. The highest BCUT2D eigenvalue weighted by molar-refractivity contribution is 6.33. The lowest BCUT2D eigenvalue weighted by atomic mass is 10.1. The average molecular weight is 416 g/mol. The molecular formula is C21H18ClNO6. The maximum absolute atomic E-state index is 12.3. The third kappa shape index (κ3) is 5.14. The zero-order valence-electron chi connectivity index (χ0n) is 15.7. The molecule has 0 spiro atoms. The van der Waals surface area contributed by atoms with Gasteiger partial charge in [0.05, 0.1) is 5.02 Å². The fourth-order valence-electron chi connectivity index (χ4n) is 2.60. The lowest BCUT2D eigenvalue weighted by molar-refractivity contribution is -0.136. The molecule has 1 aromatic heterocycles. The number of hydrogen-bond donors (Lipinski definition) is 1.